The number of nitrogens with one attached hydrogen (secondary N) is 1. The van der Waals surface area contributed by atoms with Crippen molar-refractivity contribution in [3.63, 3.8) is 0 Å². The molecule has 0 saturated carbocycles. The monoisotopic (exact) mass is 512 g/mol. The number of methoxy groups -OCH3 is 1. The number of ether oxygens (including phenoxy) is 2. The number of ketones is 1. The first-order valence-corrected chi connectivity index (χ1v) is 11.2. The average Bonchev–Trinajstić information content (AvgIpc) is 3.35. The summed E-state index contributed by atoms with van der Waals surface area (Å²) in [6.45, 7) is 2.52. The first-order chi connectivity index (χ1) is 15.9. The predicted molar refractivity (Wildman–Crippen MR) is 125 cm³/mol. The van der Waals surface area contributed by atoms with E-state index in [9.17, 15) is 14.7 Å². The van der Waals surface area contributed by atoms with Gasteiger partial charge in [0.2, 0.25) is 5.78 Å². The number of hydrogen-bond donors (Lipinski definition) is 2. The van der Waals surface area contributed by atoms with Gasteiger partial charge in [-0.25, -0.2) is 4.79 Å². The smallest absolute Gasteiger partial charge is 0.407 e. The molecule has 33 heavy (non-hydrogen) atoms. The molecule has 170 valence electrons. The van der Waals surface area contributed by atoms with Crippen LogP contribution in [-0.4, -0.2) is 70.3 Å². The Bertz CT molecular complexity index is 1290. The summed E-state index contributed by atoms with van der Waals surface area (Å²) in [5.74, 6) is 1.09. The van der Waals surface area contributed by atoms with Gasteiger partial charge in [0.15, 0.2) is 5.76 Å². The molecule has 0 atom stereocenters. The predicted octanol–water partition coefficient (Wildman–Crippen LogP) is 3.75. The highest BCUT2D eigenvalue weighted by Gasteiger charge is 2.33. The van der Waals surface area contributed by atoms with Crippen LogP contribution < -0.4 is 9.47 Å². The number of fused-ring (bicyclic) bond motifs is 2. The highest BCUT2D eigenvalue weighted by atomic mass is 79.9. The number of allylic oxidation sites excluding steroid dienone is 1. The minimum Gasteiger partial charge on any atom is -0.496 e. The van der Waals surface area contributed by atoms with Gasteiger partial charge in [0, 0.05) is 48.7 Å². The molecule has 1 fully saturated rings. The van der Waals surface area contributed by atoms with Crippen molar-refractivity contribution in [3.8, 4) is 11.5 Å². The van der Waals surface area contributed by atoms with Gasteiger partial charge in [-0.1, -0.05) is 15.9 Å². The summed E-state index contributed by atoms with van der Waals surface area (Å²) in [5.41, 5.74) is 2.71. The Morgan fingerprint density at radius 3 is 2.79 bits per heavy atom. The zero-order chi connectivity index (χ0) is 23.1. The summed E-state index contributed by atoms with van der Waals surface area (Å²) in [7, 11) is 1.58. The third kappa shape index (κ3) is 3.96. The number of benzene rings is 2. The molecule has 0 aliphatic carbocycles. The highest BCUT2D eigenvalue weighted by molar-refractivity contribution is 9.10. The Kier molecular flexibility index (Phi) is 5.55. The molecular formula is C23H21BrN4O5. The summed E-state index contributed by atoms with van der Waals surface area (Å²) < 4.78 is 12.5. The van der Waals surface area contributed by atoms with Gasteiger partial charge in [-0.05, 0) is 30.3 Å². The van der Waals surface area contributed by atoms with Crippen molar-refractivity contribution in [1.82, 2.24) is 20.0 Å². The van der Waals surface area contributed by atoms with E-state index < -0.39 is 6.09 Å². The molecule has 3 heterocycles. The lowest BCUT2D eigenvalue weighted by molar-refractivity contribution is 0.101. The third-order valence-electron chi connectivity index (χ3n) is 5.96. The van der Waals surface area contributed by atoms with Crippen molar-refractivity contribution in [1.29, 1.82) is 0 Å². The maximum atomic E-state index is 13.1. The number of aromatic amines is 1. The minimum atomic E-state index is -0.908. The summed E-state index contributed by atoms with van der Waals surface area (Å²) in [6, 6.07) is 9.24. The van der Waals surface area contributed by atoms with E-state index >= 15 is 0 Å². The zero-order valence-electron chi connectivity index (χ0n) is 17.8. The number of aromatic nitrogens is 2. The van der Waals surface area contributed by atoms with E-state index in [1.54, 1.807) is 25.3 Å². The maximum Gasteiger partial charge on any atom is 0.407 e. The molecule has 5 rings (SSSR count). The summed E-state index contributed by atoms with van der Waals surface area (Å²) in [5, 5.41) is 17.3. The van der Waals surface area contributed by atoms with Crippen LogP contribution in [0.5, 0.6) is 11.5 Å². The first kappa shape index (κ1) is 21.5. The molecular weight excluding hydrogens is 492 g/mol. The molecule has 2 aliphatic rings. The minimum absolute atomic E-state index is 0.198. The molecule has 9 nitrogen and oxygen atoms in total. The maximum absolute atomic E-state index is 13.1. The highest BCUT2D eigenvalue weighted by Crippen LogP contribution is 2.41. The average molecular weight is 513 g/mol. The molecule has 1 saturated heterocycles. The Balaban J connectivity index is 1.45. The zero-order valence-corrected chi connectivity index (χ0v) is 19.4. The topological polar surface area (TPSA) is 108 Å². The Morgan fingerprint density at radius 1 is 1.27 bits per heavy atom. The van der Waals surface area contributed by atoms with Crippen LogP contribution in [-0.2, 0) is 6.54 Å². The second-order valence-corrected chi connectivity index (χ2v) is 8.82. The number of carbonyl (C=O) groups is 2. The van der Waals surface area contributed by atoms with Crippen molar-refractivity contribution in [2.45, 2.75) is 6.54 Å². The number of amides is 1. The number of H-pyrrole nitrogens is 1. The third-order valence-corrected chi connectivity index (χ3v) is 6.46. The number of hydrogen-bond acceptors (Lipinski definition) is 6. The number of halogens is 1. The molecule has 2 N–H and O–H groups in total. The van der Waals surface area contributed by atoms with Crippen molar-refractivity contribution >= 4 is 44.8 Å². The van der Waals surface area contributed by atoms with Crippen molar-refractivity contribution < 1.29 is 24.2 Å². The number of rotatable bonds is 4. The van der Waals surface area contributed by atoms with Crippen LogP contribution in [0, 0.1) is 0 Å². The van der Waals surface area contributed by atoms with E-state index in [1.807, 2.05) is 18.2 Å². The van der Waals surface area contributed by atoms with Crippen molar-refractivity contribution in [3.05, 3.63) is 57.4 Å². The summed E-state index contributed by atoms with van der Waals surface area (Å²) in [4.78, 5) is 27.8. The van der Waals surface area contributed by atoms with Crippen LogP contribution in [0.3, 0.4) is 0 Å². The van der Waals surface area contributed by atoms with Gasteiger partial charge in [-0.2, -0.15) is 5.10 Å². The molecule has 1 aromatic heterocycles. The van der Waals surface area contributed by atoms with Crippen LogP contribution in [0.1, 0.15) is 21.6 Å². The summed E-state index contributed by atoms with van der Waals surface area (Å²) >= 11 is 3.47. The van der Waals surface area contributed by atoms with E-state index in [0.717, 1.165) is 20.9 Å². The molecule has 0 spiro atoms. The molecule has 0 bridgehead atoms. The van der Waals surface area contributed by atoms with Crippen LogP contribution >= 0.6 is 15.9 Å². The van der Waals surface area contributed by atoms with E-state index in [0.29, 0.717) is 55.5 Å². The molecule has 2 aromatic carbocycles. The largest absolute Gasteiger partial charge is 0.496 e. The fourth-order valence-electron chi connectivity index (χ4n) is 4.19. The Hall–Kier alpha value is -3.37. The van der Waals surface area contributed by atoms with Crippen molar-refractivity contribution in [2.75, 3.05) is 33.3 Å². The van der Waals surface area contributed by atoms with E-state index in [-0.39, 0.29) is 11.5 Å². The number of carboxylic acid groups (broad SMARTS) is 1. The van der Waals surface area contributed by atoms with Crippen LogP contribution in [0.25, 0.3) is 17.0 Å². The van der Waals surface area contributed by atoms with E-state index in [2.05, 4.69) is 31.0 Å². The van der Waals surface area contributed by atoms with E-state index in [1.165, 1.54) is 4.90 Å². The normalized spacial score (nSPS) is 17.5. The lowest BCUT2D eigenvalue weighted by Crippen LogP contribution is -2.47. The fourth-order valence-corrected chi connectivity index (χ4v) is 4.55. The summed E-state index contributed by atoms with van der Waals surface area (Å²) in [6.07, 6.45) is 0.740. The van der Waals surface area contributed by atoms with Crippen molar-refractivity contribution in [2.24, 2.45) is 0 Å². The molecule has 3 aromatic rings. The van der Waals surface area contributed by atoms with Crippen LogP contribution in [0.4, 0.5) is 4.79 Å². The lowest BCUT2D eigenvalue weighted by atomic mass is 10.0. The second kappa shape index (κ2) is 8.53. The van der Waals surface area contributed by atoms with Gasteiger partial charge in [0.05, 0.1) is 29.4 Å². The molecule has 10 heteroatoms. The number of Topliss-reactive ketones (excluding diaryl/α,β-unsaturated/α-hetero) is 1. The Morgan fingerprint density at radius 2 is 2.06 bits per heavy atom. The van der Waals surface area contributed by atoms with Gasteiger partial charge >= 0.3 is 6.09 Å². The second-order valence-electron chi connectivity index (χ2n) is 7.91. The quantitative estimate of drug-likeness (QED) is 0.512. The fraction of sp³-hybridized carbons (Fsp3) is 0.261. The van der Waals surface area contributed by atoms with Crippen LogP contribution in [0.2, 0.25) is 0 Å². The molecule has 0 unspecified atom stereocenters. The standard InChI is InChI=1S/C23H21BrN4O5/c1-32-19-5-3-14-21(29)20(11-18-15-10-13(24)2-4-17(15)25-26-18)33-22(14)16(19)12-27-6-8-28(9-7-27)23(30)31/h2-5,10-11H,6-9,12H2,1H3,(H,25,26)(H,30,31)/b20-11-. The first-order valence-electron chi connectivity index (χ1n) is 10.4. The van der Waals surface area contributed by atoms with Gasteiger partial charge in [0.25, 0.3) is 0 Å². The van der Waals surface area contributed by atoms with Gasteiger partial charge in [-0.15, -0.1) is 0 Å². The van der Waals surface area contributed by atoms with E-state index in [4.69, 9.17) is 9.47 Å². The SMILES string of the molecule is COc1ccc2c(c1CN1CCN(C(=O)O)CC1)O/C(=C\c1n[nH]c3ccc(Br)cc13)C2=O. The number of nitrogens with zero attached hydrogens (tertiary/aromatic N) is 3. The lowest BCUT2D eigenvalue weighted by Gasteiger charge is -2.33. The molecule has 0 radical (unpaired) electrons. The van der Waals surface area contributed by atoms with Gasteiger partial charge < -0.3 is 19.5 Å². The Labute approximate surface area is 197 Å². The van der Waals surface area contributed by atoms with Gasteiger partial charge in [-0.3, -0.25) is 14.8 Å². The number of carbonyl (C=O) groups excluding carboxylic acids is 1. The number of piperazine rings is 1. The molecule has 2 aliphatic heterocycles. The van der Waals surface area contributed by atoms with Crippen LogP contribution in [0.15, 0.2) is 40.6 Å². The van der Waals surface area contributed by atoms with Gasteiger partial charge in [0.1, 0.15) is 11.5 Å². The molecule has 1 amide bonds.